The van der Waals surface area contributed by atoms with Crippen molar-refractivity contribution in [1.29, 1.82) is 0 Å². The SMILES string of the molecule is CN=C(NCCc1ccccc1)NCC1CCN(c2ccc(F)c(F)c2)C1.I. The molecule has 1 heterocycles. The summed E-state index contributed by atoms with van der Waals surface area (Å²) in [5, 5.41) is 6.70. The molecule has 4 nitrogen and oxygen atoms in total. The minimum Gasteiger partial charge on any atom is -0.371 e. The van der Waals surface area contributed by atoms with Crippen molar-refractivity contribution in [2.75, 3.05) is 38.1 Å². The normalized spacial score (nSPS) is 16.6. The molecule has 152 valence electrons. The van der Waals surface area contributed by atoms with Gasteiger partial charge in [0.1, 0.15) is 0 Å². The first-order chi connectivity index (χ1) is 13.2. The van der Waals surface area contributed by atoms with Crippen LogP contribution >= 0.6 is 24.0 Å². The van der Waals surface area contributed by atoms with Gasteiger partial charge in [-0.05, 0) is 36.5 Å². The Balaban J connectivity index is 0.00000280. The maximum atomic E-state index is 13.4. The lowest BCUT2D eigenvalue weighted by molar-refractivity contribution is 0.508. The van der Waals surface area contributed by atoms with E-state index in [0.29, 0.717) is 5.92 Å². The summed E-state index contributed by atoms with van der Waals surface area (Å²) < 4.78 is 26.5. The average molecular weight is 500 g/mol. The van der Waals surface area contributed by atoms with Crippen LogP contribution in [0, 0.1) is 17.6 Å². The zero-order valence-electron chi connectivity index (χ0n) is 16.0. The number of halogens is 3. The summed E-state index contributed by atoms with van der Waals surface area (Å²) in [5.41, 5.74) is 2.03. The highest BCUT2D eigenvalue weighted by Crippen LogP contribution is 2.24. The molecule has 2 aromatic rings. The van der Waals surface area contributed by atoms with Crippen molar-refractivity contribution >= 4 is 35.6 Å². The van der Waals surface area contributed by atoms with E-state index in [0.717, 1.165) is 50.7 Å². The first kappa shape index (κ1) is 22.4. The average Bonchev–Trinajstić information content (AvgIpc) is 3.16. The first-order valence-electron chi connectivity index (χ1n) is 9.34. The molecule has 1 saturated heterocycles. The van der Waals surface area contributed by atoms with Gasteiger partial charge in [0.2, 0.25) is 0 Å². The number of guanidine groups is 1. The molecule has 0 aliphatic carbocycles. The second-order valence-electron chi connectivity index (χ2n) is 6.81. The van der Waals surface area contributed by atoms with Crippen LogP contribution in [0.5, 0.6) is 0 Å². The fourth-order valence-electron chi connectivity index (χ4n) is 3.35. The van der Waals surface area contributed by atoms with Crippen LogP contribution in [0.3, 0.4) is 0 Å². The second-order valence-corrected chi connectivity index (χ2v) is 6.81. The van der Waals surface area contributed by atoms with E-state index in [9.17, 15) is 8.78 Å². The van der Waals surface area contributed by atoms with Gasteiger partial charge in [-0.3, -0.25) is 4.99 Å². The molecular weight excluding hydrogens is 473 g/mol. The Kier molecular flexibility index (Phi) is 8.95. The van der Waals surface area contributed by atoms with Crippen molar-refractivity contribution in [2.24, 2.45) is 10.9 Å². The molecule has 2 N–H and O–H groups in total. The largest absolute Gasteiger partial charge is 0.371 e. The Labute approximate surface area is 182 Å². The van der Waals surface area contributed by atoms with Gasteiger partial charge in [-0.2, -0.15) is 0 Å². The van der Waals surface area contributed by atoms with Crippen LogP contribution in [0.1, 0.15) is 12.0 Å². The van der Waals surface area contributed by atoms with Gasteiger partial charge in [0, 0.05) is 45.0 Å². The fraction of sp³-hybridized carbons (Fsp3) is 0.381. The van der Waals surface area contributed by atoms with Gasteiger partial charge < -0.3 is 15.5 Å². The molecule has 0 aromatic heterocycles. The smallest absolute Gasteiger partial charge is 0.190 e. The number of nitrogens with one attached hydrogen (secondary N) is 2. The summed E-state index contributed by atoms with van der Waals surface area (Å²) in [6.07, 6.45) is 1.95. The van der Waals surface area contributed by atoms with Gasteiger partial charge in [-0.15, -0.1) is 24.0 Å². The molecule has 0 amide bonds. The third-order valence-corrected chi connectivity index (χ3v) is 4.88. The van der Waals surface area contributed by atoms with E-state index in [-0.39, 0.29) is 24.0 Å². The van der Waals surface area contributed by atoms with E-state index in [4.69, 9.17) is 0 Å². The topological polar surface area (TPSA) is 39.7 Å². The van der Waals surface area contributed by atoms with Crippen molar-refractivity contribution in [3.05, 3.63) is 65.7 Å². The Hall–Kier alpha value is -1.90. The molecule has 2 aromatic carbocycles. The number of aliphatic imine (C=N–C) groups is 1. The molecule has 1 atom stereocenters. The van der Waals surface area contributed by atoms with Crippen LogP contribution in [-0.4, -0.2) is 39.2 Å². The maximum absolute atomic E-state index is 13.4. The number of nitrogens with zero attached hydrogens (tertiary/aromatic N) is 2. The van der Waals surface area contributed by atoms with Crippen molar-refractivity contribution in [2.45, 2.75) is 12.8 Å². The number of hydrogen-bond donors (Lipinski definition) is 2. The molecule has 1 aliphatic heterocycles. The molecule has 0 saturated carbocycles. The van der Waals surface area contributed by atoms with Gasteiger partial charge in [0.05, 0.1) is 0 Å². The van der Waals surface area contributed by atoms with E-state index in [1.807, 2.05) is 18.2 Å². The van der Waals surface area contributed by atoms with Crippen molar-refractivity contribution in [3.8, 4) is 0 Å². The minimum atomic E-state index is -0.804. The molecule has 28 heavy (non-hydrogen) atoms. The summed E-state index contributed by atoms with van der Waals surface area (Å²) in [5.74, 6) is -0.373. The monoisotopic (exact) mass is 500 g/mol. The molecule has 0 radical (unpaired) electrons. The van der Waals surface area contributed by atoms with Crippen molar-refractivity contribution in [3.63, 3.8) is 0 Å². The van der Waals surface area contributed by atoms with Gasteiger partial charge >= 0.3 is 0 Å². The van der Waals surface area contributed by atoms with Gasteiger partial charge in [-0.1, -0.05) is 30.3 Å². The van der Waals surface area contributed by atoms with Crippen LogP contribution in [-0.2, 0) is 6.42 Å². The molecule has 1 aliphatic rings. The predicted octanol–water partition coefficient (Wildman–Crippen LogP) is 3.82. The summed E-state index contributed by atoms with van der Waals surface area (Å²) in [6.45, 7) is 3.27. The van der Waals surface area contributed by atoms with E-state index in [2.05, 4.69) is 32.7 Å². The van der Waals surface area contributed by atoms with Crippen molar-refractivity contribution in [1.82, 2.24) is 10.6 Å². The summed E-state index contributed by atoms with van der Waals surface area (Å²) in [6, 6.07) is 14.4. The molecular formula is C21H27F2IN4. The van der Waals surface area contributed by atoms with Crippen molar-refractivity contribution < 1.29 is 8.78 Å². The molecule has 7 heteroatoms. The number of benzene rings is 2. The third-order valence-electron chi connectivity index (χ3n) is 4.88. The summed E-state index contributed by atoms with van der Waals surface area (Å²) in [7, 11) is 1.76. The fourth-order valence-corrected chi connectivity index (χ4v) is 3.35. The highest BCUT2D eigenvalue weighted by Gasteiger charge is 2.23. The van der Waals surface area contributed by atoms with Crippen LogP contribution < -0.4 is 15.5 Å². The molecule has 1 fully saturated rings. The summed E-state index contributed by atoms with van der Waals surface area (Å²) >= 11 is 0. The Morgan fingerprint density at radius 1 is 1.11 bits per heavy atom. The van der Waals surface area contributed by atoms with Gasteiger partial charge in [0.25, 0.3) is 0 Å². The lowest BCUT2D eigenvalue weighted by Crippen LogP contribution is -2.41. The highest BCUT2D eigenvalue weighted by atomic mass is 127. The highest BCUT2D eigenvalue weighted by molar-refractivity contribution is 14.0. The molecule has 1 unspecified atom stereocenters. The molecule has 0 bridgehead atoms. The molecule has 3 rings (SSSR count). The minimum absolute atomic E-state index is 0. The first-order valence-corrected chi connectivity index (χ1v) is 9.34. The zero-order valence-corrected chi connectivity index (χ0v) is 18.3. The van der Waals surface area contributed by atoms with Crippen LogP contribution in [0.25, 0.3) is 0 Å². The predicted molar refractivity (Wildman–Crippen MR) is 122 cm³/mol. The van der Waals surface area contributed by atoms with Crippen LogP contribution in [0.2, 0.25) is 0 Å². The third kappa shape index (κ3) is 6.32. The standard InChI is InChI=1S/C21H26F2N4.HI/c1-24-21(25-11-9-16-5-3-2-4-6-16)26-14-17-10-12-27(15-17)18-7-8-19(22)20(23)13-18;/h2-8,13,17H,9-12,14-15H2,1H3,(H2,24,25,26);1H. The Morgan fingerprint density at radius 2 is 1.89 bits per heavy atom. The van der Waals surface area contributed by atoms with Gasteiger partial charge in [0.15, 0.2) is 17.6 Å². The van der Waals surface area contributed by atoms with E-state index in [1.165, 1.54) is 17.7 Å². The van der Waals surface area contributed by atoms with E-state index >= 15 is 0 Å². The van der Waals surface area contributed by atoms with E-state index in [1.54, 1.807) is 13.1 Å². The van der Waals surface area contributed by atoms with Crippen LogP contribution in [0.4, 0.5) is 14.5 Å². The maximum Gasteiger partial charge on any atom is 0.190 e. The number of hydrogen-bond acceptors (Lipinski definition) is 2. The lowest BCUT2D eigenvalue weighted by Gasteiger charge is -2.19. The molecule has 0 spiro atoms. The Bertz CT molecular complexity index is 770. The zero-order chi connectivity index (χ0) is 19.1. The lowest BCUT2D eigenvalue weighted by atomic mass is 10.1. The summed E-state index contributed by atoms with van der Waals surface area (Å²) in [4.78, 5) is 6.37. The number of anilines is 1. The quantitative estimate of drug-likeness (QED) is 0.360. The Morgan fingerprint density at radius 3 is 2.61 bits per heavy atom. The second kappa shape index (κ2) is 11.2. The van der Waals surface area contributed by atoms with Gasteiger partial charge in [-0.25, -0.2) is 8.78 Å². The van der Waals surface area contributed by atoms with Crippen LogP contribution in [0.15, 0.2) is 53.5 Å². The van der Waals surface area contributed by atoms with E-state index < -0.39 is 11.6 Å². The number of rotatable bonds is 6.